The predicted molar refractivity (Wildman–Crippen MR) is 129 cm³/mol. The quantitative estimate of drug-likeness (QED) is 0.366. The summed E-state index contributed by atoms with van der Waals surface area (Å²) < 4.78 is 24.1. The van der Waals surface area contributed by atoms with Gasteiger partial charge in [0.05, 0.1) is 13.7 Å². The number of benzene rings is 2. The predicted octanol–water partition coefficient (Wildman–Crippen LogP) is 4.02. The largest absolute Gasteiger partial charge is 0.504 e. The molecule has 184 valence electrons. The van der Waals surface area contributed by atoms with Crippen LogP contribution >= 0.6 is 0 Å². The second kappa shape index (κ2) is 10.5. The molecule has 0 saturated carbocycles. The molecule has 8 nitrogen and oxygen atoms in total. The van der Waals surface area contributed by atoms with Gasteiger partial charge in [-0.1, -0.05) is 18.2 Å². The number of carbonyl (C=O) groups is 2. The third-order valence-corrected chi connectivity index (χ3v) is 6.05. The molecule has 2 heterocycles. The zero-order valence-corrected chi connectivity index (χ0v) is 20.1. The number of aryl methyl sites for hydroxylation is 2. The van der Waals surface area contributed by atoms with Gasteiger partial charge >= 0.3 is 5.97 Å². The minimum absolute atomic E-state index is 0.0123. The number of hydrogen-bond acceptors (Lipinski definition) is 7. The summed E-state index contributed by atoms with van der Waals surface area (Å²) in [6.45, 7) is 4.43. The molecule has 0 amide bonds. The summed E-state index contributed by atoms with van der Waals surface area (Å²) in [4.78, 5) is 25.0. The summed E-state index contributed by atoms with van der Waals surface area (Å²) in [6, 6.07) is 14.3. The number of ether oxygens (including phenoxy) is 4. The topological polar surface area (TPSA) is 96.2 Å². The van der Waals surface area contributed by atoms with Crippen LogP contribution < -0.4 is 14.2 Å². The first-order valence-corrected chi connectivity index (χ1v) is 11.5. The zero-order valence-electron chi connectivity index (χ0n) is 20.1. The van der Waals surface area contributed by atoms with Crippen molar-refractivity contribution >= 4 is 11.8 Å². The fraction of sp³-hybridized carbons (Fsp3) is 0.333. The van der Waals surface area contributed by atoms with E-state index in [-0.39, 0.29) is 30.7 Å². The molecule has 0 fully saturated rings. The van der Waals surface area contributed by atoms with E-state index in [0.717, 1.165) is 22.7 Å². The molecule has 2 aromatic carbocycles. The zero-order chi connectivity index (χ0) is 24.9. The Morgan fingerprint density at radius 2 is 1.89 bits per heavy atom. The fourth-order valence-electron chi connectivity index (χ4n) is 4.15. The third-order valence-electron chi connectivity index (χ3n) is 6.05. The standard InChI is InChI=1S/C27H29NO7/c1-17-12-21(18(2)28(17)14-20-15-33-25-6-4-5-7-26(25)35-20)23(30)16-34-27(31)11-9-19-8-10-24(32-3)22(29)13-19/h4-8,10,12-13,20,29H,9,11,14-16H2,1-3H3. The van der Waals surface area contributed by atoms with E-state index >= 15 is 0 Å². The molecule has 8 heteroatoms. The third kappa shape index (κ3) is 5.59. The maximum atomic E-state index is 12.8. The number of ketones is 1. The van der Waals surface area contributed by atoms with Crippen LogP contribution in [0.4, 0.5) is 0 Å². The van der Waals surface area contributed by atoms with Crippen LogP contribution in [-0.4, -0.2) is 47.9 Å². The summed E-state index contributed by atoms with van der Waals surface area (Å²) in [5.74, 6) is 1.08. The summed E-state index contributed by atoms with van der Waals surface area (Å²) in [5.41, 5.74) is 3.00. The first-order chi connectivity index (χ1) is 16.9. The Morgan fingerprint density at radius 1 is 1.11 bits per heavy atom. The summed E-state index contributed by atoms with van der Waals surface area (Å²) in [5, 5.41) is 9.85. The normalized spacial score (nSPS) is 14.4. The Labute approximate surface area is 204 Å². The summed E-state index contributed by atoms with van der Waals surface area (Å²) in [6.07, 6.45) is 0.289. The Kier molecular flexibility index (Phi) is 7.29. The number of Topliss-reactive ketones (excluding diaryl/α,β-unsaturated/α-hetero) is 1. The number of esters is 1. The van der Waals surface area contributed by atoms with Crippen molar-refractivity contribution in [1.82, 2.24) is 4.57 Å². The van der Waals surface area contributed by atoms with Gasteiger partial charge in [0.15, 0.2) is 35.7 Å². The van der Waals surface area contributed by atoms with Crippen molar-refractivity contribution in [3.8, 4) is 23.0 Å². The number of methoxy groups -OCH3 is 1. The second-order valence-corrected chi connectivity index (χ2v) is 8.48. The highest BCUT2D eigenvalue weighted by Gasteiger charge is 2.24. The van der Waals surface area contributed by atoms with E-state index in [0.29, 0.717) is 36.6 Å². The van der Waals surface area contributed by atoms with Crippen molar-refractivity contribution in [2.75, 3.05) is 20.3 Å². The van der Waals surface area contributed by atoms with Gasteiger partial charge in [-0.15, -0.1) is 0 Å². The lowest BCUT2D eigenvalue weighted by molar-refractivity contribution is -0.142. The average molecular weight is 480 g/mol. The van der Waals surface area contributed by atoms with Gasteiger partial charge in [0.2, 0.25) is 5.78 Å². The van der Waals surface area contributed by atoms with Gasteiger partial charge in [-0.05, 0) is 56.2 Å². The van der Waals surface area contributed by atoms with Crippen LogP contribution in [0, 0.1) is 13.8 Å². The van der Waals surface area contributed by atoms with Gasteiger partial charge < -0.3 is 28.6 Å². The van der Waals surface area contributed by atoms with Crippen LogP contribution in [0.1, 0.15) is 33.7 Å². The number of aromatic nitrogens is 1. The molecular formula is C27H29NO7. The fourth-order valence-corrected chi connectivity index (χ4v) is 4.15. The molecule has 1 aromatic heterocycles. The lowest BCUT2D eigenvalue weighted by atomic mass is 10.1. The van der Waals surface area contributed by atoms with E-state index in [2.05, 4.69) is 0 Å². The Balaban J connectivity index is 1.31. The molecule has 0 bridgehead atoms. The van der Waals surface area contributed by atoms with E-state index in [1.807, 2.05) is 48.7 Å². The summed E-state index contributed by atoms with van der Waals surface area (Å²) >= 11 is 0. The SMILES string of the molecule is COc1ccc(CCC(=O)OCC(=O)c2cc(C)n(CC3COc4ccccc4O3)c2C)cc1O. The molecule has 1 aliphatic rings. The molecular weight excluding hydrogens is 450 g/mol. The van der Waals surface area contributed by atoms with Crippen molar-refractivity contribution in [1.29, 1.82) is 0 Å². The molecule has 0 saturated heterocycles. The van der Waals surface area contributed by atoms with Crippen molar-refractivity contribution in [2.24, 2.45) is 0 Å². The van der Waals surface area contributed by atoms with Crippen LogP contribution in [0.3, 0.4) is 0 Å². The molecule has 1 atom stereocenters. The first kappa shape index (κ1) is 24.2. The van der Waals surface area contributed by atoms with Crippen molar-refractivity contribution in [2.45, 2.75) is 39.3 Å². The molecule has 1 N–H and O–H groups in total. The maximum Gasteiger partial charge on any atom is 0.306 e. The van der Waals surface area contributed by atoms with Crippen LogP contribution in [0.5, 0.6) is 23.0 Å². The minimum atomic E-state index is -0.478. The van der Waals surface area contributed by atoms with Gasteiger partial charge in [-0.2, -0.15) is 0 Å². The molecule has 1 aliphatic heterocycles. The number of fused-ring (bicyclic) bond motifs is 1. The minimum Gasteiger partial charge on any atom is -0.504 e. The number of nitrogens with zero attached hydrogens (tertiary/aromatic N) is 1. The van der Waals surface area contributed by atoms with E-state index < -0.39 is 5.97 Å². The van der Waals surface area contributed by atoms with Gasteiger partial charge in [0, 0.05) is 23.4 Å². The van der Waals surface area contributed by atoms with Gasteiger partial charge in [-0.3, -0.25) is 9.59 Å². The van der Waals surface area contributed by atoms with E-state index in [1.54, 1.807) is 18.2 Å². The van der Waals surface area contributed by atoms with E-state index in [9.17, 15) is 14.7 Å². The summed E-state index contributed by atoms with van der Waals surface area (Å²) in [7, 11) is 1.47. The number of phenols is 1. The number of para-hydroxylation sites is 2. The van der Waals surface area contributed by atoms with E-state index in [4.69, 9.17) is 18.9 Å². The second-order valence-electron chi connectivity index (χ2n) is 8.48. The Morgan fingerprint density at radius 3 is 2.63 bits per heavy atom. The smallest absolute Gasteiger partial charge is 0.306 e. The van der Waals surface area contributed by atoms with Crippen LogP contribution in [-0.2, 0) is 22.5 Å². The van der Waals surface area contributed by atoms with Gasteiger partial charge in [-0.25, -0.2) is 0 Å². The average Bonchev–Trinajstić information content (AvgIpc) is 3.14. The van der Waals surface area contributed by atoms with Crippen LogP contribution in [0.15, 0.2) is 48.5 Å². The van der Waals surface area contributed by atoms with Crippen LogP contribution in [0.2, 0.25) is 0 Å². The van der Waals surface area contributed by atoms with E-state index in [1.165, 1.54) is 7.11 Å². The highest BCUT2D eigenvalue weighted by molar-refractivity contribution is 5.99. The molecule has 1 unspecified atom stereocenters. The number of carbonyl (C=O) groups excluding carboxylic acids is 2. The number of aromatic hydroxyl groups is 1. The number of rotatable bonds is 9. The maximum absolute atomic E-state index is 12.8. The monoisotopic (exact) mass is 479 g/mol. The lowest BCUT2D eigenvalue weighted by Gasteiger charge is -2.27. The Hall–Kier alpha value is -3.94. The van der Waals surface area contributed by atoms with Gasteiger partial charge in [0.1, 0.15) is 6.61 Å². The van der Waals surface area contributed by atoms with Crippen molar-refractivity contribution in [3.63, 3.8) is 0 Å². The van der Waals surface area contributed by atoms with Gasteiger partial charge in [0.25, 0.3) is 0 Å². The molecule has 3 aromatic rings. The molecule has 0 radical (unpaired) electrons. The number of hydrogen-bond donors (Lipinski definition) is 1. The number of phenolic OH excluding ortho intramolecular Hbond substituents is 1. The first-order valence-electron chi connectivity index (χ1n) is 11.5. The lowest BCUT2D eigenvalue weighted by Crippen LogP contribution is -2.33. The molecule has 4 rings (SSSR count). The molecule has 0 spiro atoms. The molecule has 35 heavy (non-hydrogen) atoms. The highest BCUT2D eigenvalue weighted by atomic mass is 16.6. The Bertz CT molecular complexity index is 1230. The highest BCUT2D eigenvalue weighted by Crippen LogP contribution is 2.32. The van der Waals surface area contributed by atoms with Crippen molar-refractivity contribution < 1.29 is 33.6 Å². The van der Waals surface area contributed by atoms with Crippen molar-refractivity contribution in [3.05, 3.63) is 71.0 Å². The van der Waals surface area contributed by atoms with Crippen LogP contribution in [0.25, 0.3) is 0 Å². The molecule has 0 aliphatic carbocycles.